The van der Waals surface area contributed by atoms with Crippen molar-refractivity contribution in [2.75, 3.05) is 17.6 Å². The molecule has 4 heteroatoms. The van der Waals surface area contributed by atoms with Crippen molar-refractivity contribution in [3.63, 3.8) is 0 Å². The van der Waals surface area contributed by atoms with Gasteiger partial charge in [0.2, 0.25) is 0 Å². The molecule has 0 saturated heterocycles. The minimum Gasteiger partial charge on any atom is -0.383 e. The van der Waals surface area contributed by atoms with E-state index in [2.05, 4.69) is 16.6 Å². The molecule has 78 valence electrons. The Bertz CT molecular complexity index is 299. The summed E-state index contributed by atoms with van der Waals surface area (Å²) in [7, 11) is 0. The van der Waals surface area contributed by atoms with Crippen LogP contribution in [-0.4, -0.2) is 10.9 Å². The van der Waals surface area contributed by atoms with Gasteiger partial charge in [0.1, 0.15) is 10.8 Å². The molecule has 0 radical (unpaired) electrons. The SMILES string of the molecule is CCC1(CNc2cc(N)ns2)CCC1. The number of nitrogens with zero attached hydrogens (tertiary/aromatic N) is 1. The molecular formula is C10H17N3S. The average Bonchev–Trinajstić information content (AvgIpc) is 2.50. The van der Waals surface area contributed by atoms with E-state index in [1.165, 1.54) is 37.2 Å². The van der Waals surface area contributed by atoms with Gasteiger partial charge in [-0.05, 0) is 36.2 Å². The van der Waals surface area contributed by atoms with Crippen LogP contribution >= 0.6 is 11.5 Å². The summed E-state index contributed by atoms with van der Waals surface area (Å²) in [4.78, 5) is 0. The van der Waals surface area contributed by atoms with Crippen molar-refractivity contribution >= 4 is 22.4 Å². The molecule has 14 heavy (non-hydrogen) atoms. The Morgan fingerprint density at radius 3 is 2.86 bits per heavy atom. The molecular weight excluding hydrogens is 194 g/mol. The van der Waals surface area contributed by atoms with E-state index in [4.69, 9.17) is 5.73 Å². The molecule has 3 nitrogen and oxygen atoms in total. The molecule has 2 rings (SSSR count). The topological polar surface area (TPSA) is 50.9 Å². The lowest BCUT2D eigenvalue weighted by Crippen LogP contribution is -2.35. The largest absolute Gasteiger partial charge is 0.383 e. The first kappa shape index (κ1) is 9.77. The summed E-state index contributed by atoms with van der Waals surface area (Å²) in [5.41, 5.74) is 6.11. The van der Waals surface area contributed by atoms with Crippen molar-refractivity contribution in [2.24, 2.45) is 5.41 Å². The van der Waals surface area contributed by atoms with Crippen LogP contribution in [-0.2, 0) is 0 Å². The number of hydrogen-bond acceptors (Lipinski definition) is 4. The second kappa shape index (κ2) is 3.77. The molecule has 1 fully saturated rings. The standard InChI is InChI=1S/C10H17N3S/c1-2-10(4-3-5-10)7-12-9-6-8(11)13-14-9/h6,12H,2-5,7H2,1H3,(H2,11,13). The van der Waals surface area contributed by atoms with Gasteiger partial charge in [-0.25, -0.2) is 0 Å². The van der Waals surface area contributed by atoms with Crippen molar-refractivity contribution in [2.45, 2.75) is 32.6 Å². The van der Waals surface area contributed by atoms with E-state index in [-0.39, 0.29) is 0 Å². The van der Waals surface area contributed by atoms with Crippen LogP contribution in [0.25, 0.3) is 0 Å². The fraction of sp³-hybridized carbons (Fsp3) is 0.700. The van der Waals surface area contributed by atoms with E-state index in [1.54, 1.807) is 0 Å². The molecule has 1 heterocycles. The summed E-state index contributed by atoms with van der Waals surface area (Å²) < 4.78 is 4.04. The maximum absolute atomic E-state index is 5.56. The van der Waals surface area contributed by atoms with Crippen molar-refractivity contribution in [3.8, 4) is 0 Å². The lowest BCUT2D eigenvalue weighted by Gasteiger charge is -2.41. The molecule has 0 amide bonds. The Hall–Kier alpha value is -0.770. The molecule has 1 aliphatic rings. The highest BCUT2D eigenvalue weighted by atomic mass is 32.1. The van der Waals surface area contributed by atoms with Gasteiger partial charge in [-0.15, -0.1) is 0 Å². The first-order valence-corrected chi connectivity index (χ1v) is 5.97. The van der Waals surface area contributed by atoms with E-state index in [0.717, 1.165) is 11.5 Å². The molecule has 0 aromatic carbocycles. The van der Waals surface area contributed by atoms with E-state index in [0.29, 0.717) is 11.2 Å². The Morgan fingerprint density at radius 1 is 1.64 bits per heavy atom. The molecule has 0 unspecified atom stereocenters. The second-order valence-corrected chi connectivity index (χ2v) is 4.98. The third-order valence-corrected chi connectivity index (χ3v) is 4.09. The number of aromatic nitrogens is 1. The van der Waals surface area contributed by atoms with Crippen LogP contribution in [0.2, 0.25) is 0 Å². The van der Waals surface area contributed by atoms with Crippen LogP contribution < -0.4 is 11.1 Å². The summed E-state index contributed by atoms with van der Waals surface area (Å²) >= 11 is 1.45. The number of nitrogens with one attached hydrogen (secondary N) is 1. The number of anilines is 2. The van der Waals surface area contributed by atoms with E-state index >= 15 is 0 Å². The van der Waals surface area contributed by atoms with Crippen LogP contribution in [0.5, 0.6) is 0 Å². The van der Waals surface area contributed by atoms with Gasteiger partial charge >= 0.3 is 0 Å². The normalized spacial score (nSPS) is 18.9. The number of nitrogens with two attached hydrogens (primary N) is 1. The van der Waals surface area contributed by atoms with E-state index < -0.39 is 0 Å². The zero-order valence-corrected chi connectivity index (χ0v) is 9.36. The van der Waals surface area contributed by atoms with Crippen LogP contribution in [0.3, 0.4) is 0 Å². The Kier molecular flexibility index (Phi) is 2.63. The maximum atomic E-state index is 5.56. The molecule has 0 atom stereocenters. The minimum absolute atomic E-state index is 0.554. The highest BCUT2D eigenvalue weighted by molar-refractivity contribution is 7.10. The van der Waals surface area contributed by atoms with Crippen LogP contribution in [0, 0.1) is 5.41 Å². The van der Waals surface area contributed by atoms with Crippen LogP contribution in [0.4, 0.5) is 10.8 Å². The fourth-order valence-electron chi connectivity index (χ4n) is 1.98. The van der Waals surface area contributed by atoms with E-state index in [1.807, 2.05) is 6.07 Å². The summed E-state index contributed by atoms with van der Waals surface area (Å²) in [6.45, 7) is 3.35. The van der Waals surface area contributed by atoms with Gasteiger partial charge in [-0.3, -0.25) is 0 Å². The Morgan fingerprint density at radius 2 is 2.43 bits per heavy atom. The van der Waals surface area contributed by atoms with Gasteiger partial charge in [-0.1, -0.05) is 13.3 Å². The highest BCUT2D eigenvalue weighted by Crippen LogP contribution is 2.43. The van der Waals surface area contributed by atoms with Crippen molar-refractivity contribution in [1.29, 1.82) is 0 Å². The summed E-state index contributed by atoms with van der Waals surface area (Å²) in [6, 6.07) is 1.91. The Balaban J connectivity index is 1.87. The summed E-state index contributed by atoms with van der Waals surface area (Å²) in [5.74, 6) is 0.622. The number of hydrogen-bond donors (Lipinski definition) is 2. The maximum Gasteiger partial charge on any atom is 0.139 e. The lowest BCUT2D eigenvalue weighted by molar-refractivity contribution is 0.145. The fourth-order valence-corrected chi connectivity index (χ4v) is 2.55. The van der Waals surface area contributed by atoms with Gasteiger partial charge in [-0.2, -0.15) is 4.37 Å². The zero-order chi connectivity index (χ0) is 10.0. The third-order valence-electron chi connectivity index (χ3n) is 3.33. The second-order valence-electron chi connectivity index (χ2n) is 4.18. The quantitative estimate of drug-likeness (QED) is 0.805. The van der Waals surface area contributed by atoms with Gasteiger partial charge in [0.15, 0.2) is 0 Å². The monoisotopic (exact) mass is 211 g/mol. The van der Waals surface area contributed by atoms with E-state index in [9.17, 15) is 0 Å². The smallest absolute Gasteiger partial charge is 0.139 e. The lowest BCUT2D eigenvalue weighted by atomic mass is 9.67. The van der Waals surface area contributed by atoms with Gasteiger partial charge < -0.3 is 11.1 Å². The van der Waals surface area contributed by atoms with Crippen molar-refractivity contribution < 1.29 is 0 Å². The predicted octanol–water partition coefficient (Wildman–Crippen LogP) is 2.72. The molecule has 1 aromatic heterocycles. The first-order chi connectivity index (χ1) is 6.74. The first-order valence-electron chi connectivity index (χ1n) is 5.20. The zero-order valence-electron chi connectivity index (χ0n) is 8.55. The molecule has 1 aromatic rings. The molecule has 0 aliphatic heterocycles. The number of nitrogen functional groups attached to an aromatic ring is 1. The summed E-state index contributed by atoms with van der Waals surface area (Å²) in [5, 5.41) is 4.53. The van der Waals surface area contributed by atoms with Crippen molar-refractivity contribution in [1.82, 2.24) is 4.37 Å². The average molecular weight is 211 g/mol. The molecule has 0 bridgehead atoms. The molecule has 1 saturated carbocycles. The molecule has 3 N–H and O–H groups in total. The summed E-state index contributed by atoms with van der Waals surface area (Å²) in [6.07, 6.45) is 5.39. The molecule has 1 aliphatic carbocycles. The minimum atomic E-state index is 0.554. The van der Waals surface area contributed by atoms with Crippen LogP contribution in [0.15, 0.2) is 6.07 Å². The van der Waals surface area contributed by atoms with Crippen molar-refractivity contribution in [3.05, 3.63) is 6.07 Å². The van der Waals surface area contributed by atoms with Gasteiger partial charge in [0.05, 0.1) is 0 Å². The molecule has 0 spiro atoms. The highest BCUT2D eigenvalue weighted by Gasteiger charge is 2.34. The van der Waals surface area contributed by atoms with Crippen LogP contribution in [0.1, 0.15) is 32.6 Å². The van der Waals surface area contributed by atoms with Gasteiger partial charge in [0.25, 0.3) is 0 Å². The Labute approximate surface area is 88.9 Å². The predicted molar refractivity (Wildman–Crippen MR) is 61.6 cm³/mol. The third kappa shape index (κ3) is 1.85. The number of rotatable bonds is 4. The van der Waals surface area contributed by atoms with Gasteiger partial charge in [0, 0.05) is 12.6 Å².